The van der Waals surface area contributed by atoms with Crippen LogP contribution in [0.5, 0.6) is 0 Å². The minimum absolute atomic E-state index is 0.109. The number of benzene rings is 1. The van der Waals surface area contributed by atoms with E-state index >= 15 is 0 Å². The number of sulfonamides is 1. The van der Waals surface area contributed by atoms with E-state index in [4.69, 9.17) is 0 Å². The summed E-state index contributed by atoms with van der Waals surface area (Å²) in [4.78, 5) is 10.1. The van der Waals surface area contributed by atoms with Crippen LogP contribution in [0, 0.1) is 10.1 Å². The van der Waals surface area contributed by atoms with E-state index in [1.807, 2.05) is 6.92 Å². The van der Waals surface area contributed by atoms with Gasteiger partial charge in [-0.25, -0.2) is 13.1 Å². The lowest BCUT2D eigenvalue weighted by atomic mass is 10.2. The second kappa shape index (κ2) is 7.37. The Bertz CT molecular complexity index is 601. The Hall–Kier alpha value is -1.67. The van der Waals surface area contributed by atoms with Crippen molar-refractivity contribution in [1.29, 1.82) is 0 Å². The summed E-state index contributed by atoms with van der Waals surface area (Å²) < 4.78 is 27.3. The predicted molar refractivity (Wildman–Crippen MR) is 82.0 cm³/mol. The summed E-state index contributed by atoms with van der Waals surface area (Å²) in [6.07, 6.45) is 2.61. The second-order valence-electron chi connectivity index (χ2n) is 4.85. The Kier molecular flexibility index (Phi) is 6.10. The molecular formula is C13H21N3O4S. The van der Waals surface area contributed by atoms with Gasteiger partial charge in [0.25, 0.3) is 5.69 Å². The van der Waals surface area contributed by atoms with Crippen molar-refractivity contribution in [2.24, 2.45) is 0 Å². The molecule has 0 aliphatic heterocycles. The van der Waals surface area contributed by atoms with Gasteiger partial charge in [-0.05, 0) is 19.4 Å². The Morgan fingerprint density at radius 1 is 1.38 bits per heavy atom. The van der Waals surface area contributed by atoms with E-state index in [-0.39, 0.29) is 16.6 Å². The molecule has 1 unspecified atom stereocenters. The van der Waals surface area contributed by atoms with Crippen LogP contribution in [0.15, 0.2) is 23.1 Å². The molecule has 21 heavy (non-hydrogen) atoms. The predicted octanol–water partition coefficient (Wildman–Crippen LogP) is 2.49. The van der Waals surface area contributed by atoms with Crippen molar-refractivity contribution in [2.45, 2.75) is 44.0 Å². The molecule has 0 heterocycles. The third-order valence-corrected chi connectivity index (χ3v) is 4.71. The van der Waals surface area contributed by atoms with Gasteiger partial charge in [-0.3, -0.25) is 10.1 Å². The third-order valence-electron chi connectivity index (χ3n) is 3.08. The first-order chi connectivity index (χ1) is 9.81. The van der Waals surface area contributed by atoms with Gasteiger partial charge in [0.2, 0.25) is 10.0 Å². The molecule has 0 saturated heterocycles. The van der Waals surface area contributed by atoms with E-state index in [2.05, 4.69) is 10.0 Å². The first-order valence-corrected chi connectivity index (χ1v) is 8.28. The Balaban J connectivity index is 3.11. The van der Waals surface area contributed by atoms with Crippen molar-refractivity contribution in [2.75, 3.05) is 12.4 Å². The van der Waals surface area contributed by atoms with E-state index in [0.29, 0.717) is 5.69 Å². The van der Waals surface area contributed by atoms with Crippen molar-refractivity contribution < 1.29 is 13.3 Å². The number of nitrogens with zero attached hydrogens (tertiary/aromatic N) is 1. The molecule has 0 spiro atoms. The van der Waals surface area contributed by atoms with Gasteiger partial charge in [0.15, 0.2) is 0 Å². The van der Waals surface area contributed by atoms with Gasteiger partial charge in [0.05, 0.1) is 10.6 Å². The van der Waals surface area contributed by atoms with Gasteiger partial charge in [-0.1, -0.05) is 19.8 Å². The number of anilines is 1. The topological polar surface area (TPSA) is 101 Å². The van der Waals surface area contributed by atoms with Crippen LogP contribution in [0.1, 0.15) is 33.1 Å². The molecule has 1 rings (SSSR count). The third kappa shape index (κ3) is 4.68. The number of nitro groups is 1. The van der Waals surface area contributed by atoms with Gasteiger partial charge in [0.1, 0.15) is 4.90 Å². The lowest BCUT2D eigenvalue weighted by Gasteiger charge is -2.15. The van der Waals surface area contributed by atoms with E-state index in [1.54, 1.807) is 14.0 Å². The molecule has 0 aliphatic rings. The van der Waals surface area contributed by atoms with Crippen LogP contribution in [0.4, 0.5) is 11.4 Å². The SMILES string of the molecule is CCCCC(C)NS(=O)(=O)c1cc([N+](=O)[O-])ccc1NC. The number of unbranched alkanes of at least 4 members (excludes halogenated alkanes) is 1. The molecule has 8 heteroatoms. The minimum Gasteiger partial charge on any atom is -0.387 e. The Labute approximate surface area is 124 Å². The van der Waals surface area contributed by atoms with Crippen molar-refractivity contribution in [1.82, 2.24) is 4.72 Å². The van der Waals surface area contributed by atoms with Gasteiger partial charge >= 0.3 is 0 Å². The number of hydrogen-bond acceptors (Lipinski definition) is 5. The molecule has 1 atom stereocenters. The zero-order valence-electron chi connectivity index (χ0n) is 12.4. The van der Waals surface area contributed by atoms with Crippen molar-refractivity contribution in [3.8, 4) is 0 Å². The fourth-order valence-corrected chi connectivity index (χ4v) is 3.46. The summed E-state index contributed by atoms with van der Waals surface area (Å²) >= 11 is 0. The average Bonchev–Trinajstić information content (AvgIpc) is 2.43. The Morgan fingerprint density at radius 3 is 2.57 bits per heavy atom. The molecule has 7 nitrogen and oxygen atoms in total. The van der Waals surface area contributed by atoms with Crippen LogP contribution >= 0.6 is 0 Å². The molecule has 0 aromatic heterocycles. The molecule has 2 N–H and O–H groups in total. The molecule has 0 amide bonds. The first-order valence-electron chi connectivity index (χ1n) is 6.80. The molecule has 1 aromatic carbocycles. The van der Waals surface area contributed by atoms with Gasteiger partial charge in [0, 0.05) is 25.2 Å². The molecule has 0 fully saturated rings. The van der Waals surface area contributed by atoms with Gasteiger partial charge < -0.3 is 5.32 Å². The van der Waals surface area contributed by atoms with Crippen LogP contribution < -0.4 is 10.0 Å². The zero-order chi connectivity index (χ0) is 16.0. The monoisotopic (exact) mass is 315 g/mol. The largest absolute Gasteiger partial charge is 0.387 e. The number of nitro benzene ring substituents is 1. The lowest BCUT2D eigenvalue weighted by molar-refractivity contribution is -0.385. The zero-order valence-corrected chi connectivity index (χ0v) is 13.2. The van der Waals surface area contributed by atoms with Crippen molar-refractivity contribution in [3.05, 3.63) is 28.3 Å². The number of non-ortho nitro benzene ring substituents is 1. The molecule has 118 valence electrons. The highest BCUT2D eigenvalue weighted by atomic mass is 32.2. The molecule has 0 radical (unpaired) electrons. The van der Waals surface area contributed by atoms with E-state index < -0.39 is 14.9 Å². The fraction of sp³-hybridized carbons (Fsp3) is 0.538. The van der Waals surface area contributed by atoms with Crippen LogP contribution in [0.2, 0.25) is 0 Å². The summed E-state index contributed by atoms with van der Waals surface area (Å²) in [6.45, 7) is 3.81. The quantitative estimate of drug-likeness (QED) is 0.567. The highest BCUT2D eigenvalue weighted by Crippen LogP contribution is 2.26. The van der Waals surface area contributed by atoms with Crippen LogP contribution in [-0.4, -0.2) is 26.4 Å². The molecule has 0 bridgehead atoms. The Morgan fingerprint density at radius 2 is 2.05 bits per heavy atom. The summed E-state index contributed by atoms with van der Waals surface area (Å²) in [5, 5.41) is 13.6. The smallest absolute Gasteiger partial charge is 0.270 e. The van der Waals surface area contributed by atoms with E-state index in [0.717, 1.165) is 25.3 Å². The summed E-state index contributed by atoms with van der Waals surface area (Å²) in [5.41, 5.74) is 0.0753. The van der Waals surface area contributed by atoms with Crippen LogP contribution in [0.25, 0.3) is 0 Å². The summed E-state index contributed by atoms with van der Waals surface area (Å²) in [7, 11) is -2.24. The maximum Gasteiger partial charge on any atom is 0.270 e. The summed E-state index contributed by atoms with van der Waals surface area (Å²) in [5.74, 6) is 0. The van der Waals surface area contributed by atoms with Gasteiger partial charge in [-0.15, -0.1) is 0 Å². The lowest BCUT2D eigenvalue weighted by Crippen LogP contribution is -2.33. The van der Waals surface area contributed by atoms with Crippen LogP contribution in [-0.2, 0) is 10.0 Å². The normalized spacial score (nSPS) is 12.9. The molecule has 1 aromatic rings. The molecule has 0 aliphatic carbocycles. The van der Waals surface area contributed by atoms with Crippen molar-refractivity contribution in [3.63, 3.8) is 0 Å². The minimum atomic E-state index is -3.81. The van der Waals surface area contributed by atoms with Gasteiger partial charge in [-0.2, -0.15) is 0 Å². The second-order valence-corrected chi connectivity index (χ2v) is 6.53. The molecular weight excluding hydrogens is 294 g/mol. The number of hydrogen-bond donors (Lipinski definition) is 2. The molecule has 0 saturated carbocycles. The van der Waals surface area contributed by atoms with E-state index in [1.165, 1.54) is 12.1 Å². The number of nitrogens with one attached hydrogen (secondary N) is 2. The van der Waals surface area contributed by atoms with E-state index in [9.17, 15) is 18.5 Å². The first kappa shape index (κ1) is 17.4. The highest BCUT2D eigenvalue weighted by molar-refractivity contribution is 7.89. The maximum atomic E-state index is 12.4. The van der Waals surface area contributed by atoms with Crippen molar-refractivity contribution >= 4 is 21.4 Å². The average molecular weight is 315 g/mol. The highest BCUT2D eigenvalue weighted by Gasteiger charge is 2.23. The fourth-order valence-electron chi connectivity index (χ4n) is 1.95. The maximum absolute atomic E-state index is 12.4. The standard InChI is InChI=1S/C13H21N3O4S/c1-4-5-6-10(2)15-21(19,20)13-9-11(16(17)18)7-8-12(13)14-3/h7-10,14-15H,4-6H2,1-3H3. The summed E-state index contributed by atoms with van der Waals surface area (Å²) in [6, 6.07) is 3.51. The van der Waals surface area contributed by atoms with Crippen LogP contribution in [0.3, 0.4) is 0 Å². The number of rotatable bonds is 8.